The van der Waals surface area contributed by atoms with Crippen LogP contribution in [0.25, 0.3) is 22.5 Å². The number of aromatic nitrogens is 2. The molecule has 2 heterocycles. The SMILES string of the molecule is Cc1nc(-c2ccc3c(c2)CCC3(C)C)nc(N)c1C(=O)N[C@@H](CCN)C(=O)N(C)[C@@H]1C(=O)N[C@@H](C)C(=O)N[C@H](C(=O)O)Cc2ccc(OC[C@H](O)CN)c(c2)-c2cc1cc(OC[C@H](O)CN)c2O. The second-order valence-corrected chi connectivity index (χ2v) is 18.1. The number of phenols is 1. The minimum absolute atomic E-state index is 0.00293. The molecule has 0 saturated heterocycles. The maximum absolute atomic E-state index is 14.8. The zero-order valence-electron chi connectivity index (χ0n) is 39.2. The predicted molar refractivity (Wildman–Crippen MR) is 254 cm³/mol. The largest absolute Gasteiger partial charge is 0.504 e. The number of carboxylic acid groups (broad SMARTS) is 1. The number of aryl methyl sites for hydroxylation is 2. The van der Waals surface area contributed by atoms with E-state index in [4.69, 9.17) is 32.4 Å². The Kier molecular flexibility index (Phi) is 16.1. The molecule has 15 N–H and O–H groups in total. The Morgan fingerprint density at radius 2 is 1.61 bits per heavy atom. The number of aromatic hydroxyl groups is 1. The predicted octanol–water partition coefficient (Wildman–Crippen LogP) is 0.305. The van der Waals surface area contributed by atoms with Crippen molar-refractivity contribution >= 4 is 35.4 Å². The first-order chi connectivity index (χ1) is 32.7. The maximum atomic E-state index is 14.8. The molecule has 1 aromatic heterocycles. The molecule has 0 saturated carbocycles. The van der Waals surface area contributed by atoms with Gasteiger partial charge in [-0.05, 0) is 97.7 Å². The van der Waals surface area contributed by atoms with Gasteiger partial charge in [0.1, 0.15) is 66.7 Å². The van der Waals surface area contributed by atoms with Crippen LogP contribution in [0, 0.1) is 6.92 Å². The second-order valence-electron chi connectivity index (χ2n) is 18.1. The Morgan fingerprint density at radius 3 is 2.25 bits per heavy atom. The first kappa shape index (κ1) is 51.5. The summed E-state index contributed by atoms with van der Waals surface area (Å²) in [5.74, 6) is -5.37. The average Bonchev–Trinajstić information content (AvgIpc) is 3.62. The molecule has 4 bridgehead atoms. The number of hydrogen-bond donors (Lipinski definition) is 11. The van der Waals surface area contributed by atoms with Crippen LogP contribution in [0.2, 0.25) is 0 Å². The number of fused-ring (bicyclic) bond motifs is 6. The van der Waals surface area contributed by atoms with E-state index in [1.54, 1.807) is 6.92 Å². The van der Waals surface area contributed by atoms with Crippen molar-refractivity contribution in [3.8, 4) is 39.8 Å². The fourth-order valence-electron chi connectivity index (χ4n) is 8.51. The van der Waals surface area contributed by atoms with Crippen molar-refractivity contribution in [1.29, 1.82) is 0 Å². The summed E-state index contributed by atoms with van der Waals surface area (Å²) < 4.78 is 11.8. The number of aliphatic hydroxyl groups excluding tert-OH is 2. The lowest BCUT2D eigenvalue weighted by atomic mass is 9.86. The number of nitrogens with two attached hydrogens (primary N) is 4. The normalized spacial score (nSPS) is 18.9. The van der Waals surface area contributed by atoms with Gasteiger partial charge in [0.05, 0.1) is 5.69 Å². The number of amides is 4. The van der Waals surface area contributed by atoms with E-state index in [-0.39, 0.29) is 89.8 Å². The van der Waals surface area contributed by atoms with Crippen molar-refractivity contribution in [2.45, 2.75) is 95.2 Å². The Balaban J connectivity index is 1.43. The summed E-state index contributed by atoms with van der Waals surface area (Å²) in [5.41, 5.74) is 27.5. The van der Waals surface area contributed by atoms with E-state index >= 15 is 0 Å². The van der Waals surface area contributed by atoms with Crippen molar-refractivity contribution in [2.24, 2.45) is 17.2 Å². The summed E-state index contributed by atoms with van der Waals surface area (Å²) >= 11 is 0. The van der Waals surface area contributed by atoms with E-state index in [1.165, 1.54) is 55.4 Å². The summed E-state index contributed by atoms with van der Waals surface area (Å²) in [6.07, 6.45) is -0.790. The third-order valence-corrected chi connectivity index (χ3v) is 12.5. The van der Waals surface area contributed by atoms with E-state index < -0.39 is 78.3 Å². The molecular weight excluding hydrogens is 893 g/mol. The topological polar surface area (TPSA) is 354 Å². The van der Waals surface area contributed by atoms with Crippen LogP contribution in [0.5, 0.6) is 17.2 Å². The van der Waals surface area contributed by atoms with Gasteiger partial charge < -0.3 is 73.7 Å². The second kappa shape index (κ2) is 21.6. The third kappa shape index (κ3) is 11.5. The quantitative estimate of drug-likeness (QED) is 0.0720. The van der Waals surface area contributed by atoms with Gasteiger partial charge in [-0.2, -0.15) is 0 Å². The number of aliphatic hydroxyl groups is 2. The number of nitrogen functional groups attached to an aromatic ring is 1. The average molecular weight is 955 g/mol. The molecule has 21 heteroatoms. The third-order valence-electron chi connectivity index (χ3n) is 12.5. The standard InChI is InChI=1S/C48H62N10O11/c1-23-38(41(52)57-42(53-23)27-7-8-33-26(16-27)10-12-48(33,3)4)44(63)55-34(11-13-49)46(65)58(5)39-28-17-32(40(61)37(18-28)69-22-30(60)20-51)31-14-25(6-9-36(31)68-21-29(59)19-50)15-35(47(66)67)56-43(62)24(2)54-45(39)64/h6-9,14,16-18,24,29-30,34-35,39,59-61H,10-13,15,19-22,49-51H2,1-5H3,(H,54,64)(H,55,63)(H,56,62)(H,66,67)(H2,52,53,57)/t24-,29+,30+,34-,35-,39-/m0/s1. The highest BCUT2D eigenvalue weighted by Crippen LogP contribution is 2.45. The van der Waals surface area contributed by atoms with Gasteiger partial charge in [0.2, 0.25) is 17.7 Å². The van der Waals surface area contributed by atoms with Crippen LogP contribution in [0.3, 0.4) is 0 Å². The number of carbonyl (C=O) groups excluding carboxylic acids is 4. The molecule has 4 aromatic rings. The number of hydrogen-bond acceptors (Lipinski definition) is 16. The molecule has 0 fully saturated rings. The molecule has 3 aromatic carbocycles. The van der Waals surface area contributed by atoms with E-state index in [1.807, 2.05) is 12.1 Å². The Bertz CT molecular complexity index is 2590. The van der Waals surface area contributed by atoms with Crippen LogP contribution >= 0.6 is 0 Å². The van der Waals surface area contributed by atoms with Gasteiger partial charge in [-0.1, -0.05) is 32.0 Å². The molecule has 6 rings (SSSR count). The lowest BCUT2D eigenvalue weighted by Crippen LogP contribution is -2.55. The Hall–Kier alpha value is -6.91. The fraction of sp³-hybridized carbons (Fsp3) is 0.438. The van der Waals surface area contributed by atoms with Gasteiger partial charge >= 0.3 is 5.97 Å². The lowest BCUT2D eigenvalue weighted by molar-refractivity contribution is -0.143. The fourth-order valence-corrected chi connectivity index (χ4v) is 8.51. The van der Waals surface area contributed by atoms with Crippen LogP contribution in [-0.2, 0) is 37.4 Å². The number of nitrogens with one attached hydrogen (secondary N) is 3. The number of carboxylic acids is 1. The van der Waals surface area contributed by atoms with E-state index in [2.05, 4.69) is 45.8 Å². The molecule has 1 aliphatic heterocycles. The minimum atomic E-state index is -1.68. The summed E-state index contributed by atoms with van der Waals surface area (Å²) in [5, 5.41) is 50.4. The monoisotopic (exact) mass is 954 g/mol. The van der Waals surface area contributed by atoms with Gasteiger partial charge in [0, 0.05) is 43.2 Å². The van der Waals surface area contributed by atoms with Crippen molar-refractivity contribution in [3.63, 3.8) is 0 Å². The number of anilines is 1. The summed E-state index contributed by atoms with van der Waals surface area (Å²) in [4.78, 5) is 79.7. The molecule has 6 atom stereocenters. The van der Waals surface area contributed by atoms with Crippen LogP contribution in [0.1, 0.15) is 78.0 Å². The summed E-state index contributed by atoms with van der Waals surface area (Å²) in [7, 11) is 1.28. The molecule has 370 valence electrons. The summed E-state index contributed by atoms with van der Waals surface area (Å²) in [6, 6.07) is 7.20. The smallest absolute Gasteiger partial charge is 0.326 e. The highest BCUT2D eigenvalue weighted by Gasteiger charge is 2.37. The zero-order chi connectivity index (χ0) is 50.5. The van der Waals surface area contributed by atoms with Gasteiger partial charge in [-0.3, -0.25) is 19.2 Å². The Labute approximate surface area is 398 Å². The molecule has 0 spiro atoms. The molecule has 2 aliphatic rings. The number of carbonyl (C=O) groups is 5. The van der Waals surface area contributed by atoms with Crippen molar-refractivity contribution in [3.05, 3.63) is 82.0 Å². The summed E-state index contributed by atoms with van der Waals surface area (Å²) in [6.45, 7) is 6.10. The van der Waals surface area contributed by atoms with Crippen LogP contribution in [0.15, 0.2) is 48.5 Å². The van der Waals surface area contributed by atoms with Crippen molar-refractivity contribution in [1.82, 2.24) is 30.8 Å². The Morgan fingerprint density at radius 1 is 0.928 bits per heavy atom. The van der Waals surface area contributed by atoms with Crippen LogP contribution in [-0.4, -0.2) is 135 Å². The zero-order valence-corrected chi connectivity index (χ0v) is 39.2. The number of benzene rings is 3. The molecule has 21 nitrogen and oxygen atoms in total. The van der Waals surface area contributed by atoms with Crippen molar-refractivity contribution < 1.29 is 53.9 Å². The number of likely N-dealkylation sites (N-methyl/N-ethyl adjacent to an activating group) is 1. The number of aliphatic carboxylic acids is 1. The van der Waals surface area contributed by atoms with Gasteiger partial charge in [0.15, 0.2) is 17.3 Å². The van der Waals surface area contributed by atoms with Gasteiger partial charge in [0.25, 0.3) is 5.91 Å². The highest BCUT2D eigenvalue weighted by molar-refractivity contribution is 6.02. The first-order valence-electron chi connectivity index (χ1n) is 22.6. The van der Waals surface area contributed by atoms with Crippen molar-refractivity contribution in [2.75, 3.05) is 45.6 Å². The lowest BCUT2D eigenvalue weighted by Gasteiger charge is -2.33. The number of phenolic OH excluding ortho intramolecular Hbond substituents is 1. The number of rotatable bonds is 16. The maximum Gasteiger partial charge on any atom is 0.326 e. The van der Waals surface area contributed by atoms with Crippen LogP contribution in [0.4, 0.5) is 5.82 Å². The molecule has 69 heavy (non-hydrogen) atoms. The minimum Gasteiger partial charge on any atom is -0.504 e. The van der Waals surface area contributed by atoms with E-state index in [0.29, 0.717) is 11.4 Å². The molecule has 4 amide bonds. The molecular formula is C48H62N10O11. The molecule has 1 aliphatic carbocycles. The number of ether oxygens (including phenoxy) is 2. The first-order valence-corrected chi connectivity index (χ1v) is 22.6. The van der Waals surface area contributed by atoms with Crippen LogP contribution < -0.4 is 48.4 Å². The van der Waals surface area contributed by atoms with E-state index in [9.17, 15) is 44.4 Å². The molecule has 0 radical (unpaired) electrons. The van der Waals surface area contributed by atoms with Gasteiger partial charge in [-0.25, -0.2) is 14.8 Å². The number of nitrogens with zero attached hydrogens (tertiary/aromatic N) is 3. The molecule has 0 unspecified atom stereocenters. The highest BCUT2D eigenvalue weighted by atomic mass is 16.5. The van der Waals surface area contributed by atoms with Gasteiger partial charge in [-0.15, -0.1) is 0 Å². The van der Waals surface area contributed by atoms with E-state index in [0.717, 1.165) is 23.3 Å².